The average Bonchev–Trinajstić information content (AvgIpc) is 3.56. The number of benzene rings is 7. The minimum absolute atomic E-state index is 0.00658. The van der Waals surface area contributed by atoms with Crippen LogP contribution in [0.5, 0.6) is 0 Å². The number of alkyl halides is 3. The van der Waals surface area contributed by atoms with Crippen molar-refractivity contribution >= 4 is 40.7 Å². The van der Waals surface area contributed by atoms with Crippen LogP contribution in [0.25, 0.3) is 0 Å². The highest BCUT2D eigenvalue weighted by Crippen LogP contribution is 2.38. The maximum Gasteiger partial charge on any atom is 0.265 e. The Labute approximate surface area is 471 Å². The Kier molecular flexibility index (Phi) is 21.7. The molecule has 0 amide bonds. The van der Waals surface area contributed by atoms with Gasteiger partial charge >= 0.3 is 0 Å². The Hall–Kier alpha value is -5.52. The SMILES string of the molecule is N=C(OC1O[C@H](COCc2ccccc2)[C@@H](OCc2ccccc2)[C@H](OCc2ccccc2)[C@@H]1O[C@H]1O[C@H](COCc2ccccc2)[C@@H](OCc2ccccc2)[C@H](OCc2ccccc2)[C@@H]1OCc1ccccc1)C(Cl)(Cl)Cl. The molecule has 0 spiro atoms. The minimum atomic E-state index is -2.29. The van der Waals surface area contributed by atoms with E-state index in [2.05, 4.69) is 0 Å². The lowest BCUT2D eigenvalue weighted by molar-refractivity contribution is -0.377. The first-order valence-corrected chi connectivity index (χ1v) is 27.2. The smallest absolute Gasteiger partial charge is 0.265 e. The van der Waals surface area contributed by atoms with E-state index >= 15 is 0 Å². The van der Waals surface area contributed by atoms with Crippen LogP contribution in [0.1, 0.15) is 38.9 Å². The molecule has 7 aromatic carbocycles. The van der Waals surface area contributed by atoms with Crippen LogP contribution < -0.4 is 0 Å². The molecule has 7 aromatic rings. The van der Waals surface area contributed by atoms with Crippen molar-refractivity contribution in [3.05, 3.63) is 251 Å². The Morgan fingerprint density at radius 1 is 0.346 bits per heavy atom. The van der Waals surface area contributed by atoms with Gasteiger partial charge in [-0.15, -0.1) is 0 Å². The van der Waals surface area contributed by atoms with E-state index in [1.807, 2.05) is 212 Å². The van der Waals surface area contributed by atoms with E-state index in [0.29, 0.717) is 0 Å². The normalized spacial score (nSPS) is 23.4. The molecule has 2 aliphatic rings. The second-order valence-corrected chi connectivity index (χ2v) is 21.2. The molecule has 0 aromatic heterocycles. The van der Waals surface area contributed by atoms with E-state index in [1.54, 1.807) is 0 Å². The summed E-state index contributed by atoms with van der Waals surface area (Å²) in [7, 11) is 0. The maximum atomic E-state index is 8.97. The number of hydrogen-bond donors (Lipinski definition) is 1. The van der Waals surface area contributed by atoms with Crippen LogP contribution in [-0.2, 0) is 98.4 Å². The molecule has 15 heteroatoms. The number of ether oxygens (including phenoxy) is 11. The van der Waals surface area contributed by atoms with Gasteiger partial charge in [0.15, 0.2) is 12.4 Å². The summed E-state index contributed by atoms with van der Waals surface area (Å²) in [5.74, 6) is -0.715. The lowest BCUT2D eigenvalue weighted by atomic mass is 9.96. The van der Waals surface area contributed by atoms with Gasteiger partial charge in [-0.05, 0) is 38.9 Å². The molecule has 2 fully saturated rings. The van der Waals surface area contributed by atoms with Crippen molar-refractivity contribution in [3.63, 3.8) is 0 Å². The van der Waals surface area contributed by atoms with E-state index < -0.39 is 71.1 Å². The predicted molar refractivity (Wildman–Crippen MR) is 299 cm³/mol. The van der Waals surface area contributed by atoms with E-state index in [9.17, 15) is 0 Å². The van der Waals surface area contributed by atoms with Gasteiger partial charge in [0.2, 0.25) is 12.2 Å². The molecule has 0 bridgehead atoms. The Morgan fingerprint density at radius 2 is 0.615 bits per heavy atom. The number of nitrogens with one attached hydrogen (secondary N) is 1. The first kappa shape index (κ1) is 57.2. The highest BCUT2D eigenvalue weighted by atomic mass is 35.6. The van der Waals surface area contributed by atoms with Gasteiger partial charge in [-0.1, -0.05) is 247 Å². The van der Waals surface area contributed by atoms with E-state index in [1.165, 1.54) is 0 Å². The molecule has 0 aliphatic carbocycles. The molecule has 9 rings (SSSR count). The standard InChI is InChI=1S/C63H64Cl3NO11/c64-63(65,66)62(67)78-61-59(57(73-41-50-32-18-6-19-33-50)55(71-39-48-28-14-4-15-29-48)53(76-61)44-69-37-46-24-10-2-11-25-46)77-60-58(74-42-51-34-20-7-21-35-51)56(72-40-49-30-16-5-17-31-49)54(70-38-47-26-12-3-13-27-47)52(75-60)43-68-36-45-22-8-1-9-23-45/h1-35,52-61,67H,36-44H2/t52-,53-,54-,55-,56+,57+,58+,59+,60-,61?/m1/s1. The summed E-state index contributed by atoms with van der Waals surface area (Å²) in [5, 5.41) is 8.97. The zero-order chi connectivity index (χ0) is 53.8. The topological polar surface area (TPSA) is 125 Å². The van der Waals surface area contributed by atoms with Crippen LogP contribution in [0.3, 0.4) is 0 Å². The summed E-state index contributed by atoms with van der Waals surface area (Å²) in [4.78, 5) is 0. The zero-order valence-electron chi connectivity index (χ0n) is 43.0. The molecule has 10 atom stereocenters. The first-order chi connectivity index (χ1) is 38.2. The molecule has 0 saturated carbocycles. The molecule has 12 nitrogen and oxygen atoms in total. The Morgan fingerprint density at radius 3 is 0.936 bits per heavy atom. The van der Waals surface area contributed by atoms with Crippen molar-refractivity contribution in [3.8, 4) is 0 Å². The van der Waals surface area contributed by atoms with Gasteiger partial charge < -0.3 is 52.1 Å². The summed E-state index contributed by atoms with van der Waals surface area (Å²) in [6, 6.07) is 68.8. The fourth-order valence-electron chi connectivity index (χ4n) is 9.24. The first-order valence-electron chi connectivity index (χ1n) is 26.0. The quantitative estimate of drug-likeness (QED) is 0.0316. The number of halogens is 3. The van der Waals surface area contributed by atoms with Gasteiger partial charge in [-0.2, -0.15) is 0 Å². The molecular formula is C63H64Cl3NO11. The fraction of sp³-hybridized carbons (Fsp3) is 0.317. The lowest BCUT2D eigenvalue weighted by Crippen LogP contribution is -2.66. The van der Waals surface area contributed by atoms with Crippen molar-refractivity contribution in [2.24, 2.45) is 0 Å². The highest BCUT2D eigenvalue weighted by molar-refractivity contribution is 6.76. The summed E-state index contributed by atoms with van der Waals surface area (Å²) in [5.41, 5.74) is 6.46. The van der Waals surface area contributed by atoms with E-state index in [0.717, 1.165) is 38.9 Å². The summed E-state index contributed by atoms with van der Waals surface area (Å²) in [6.07, 6.45) is -10.4. The minimum Gasteiger partial charge on any atom is -0.445 e. The molecule has 2 aliphatic heterocycles. The van der Waals surface area contributed by atoms with Gasteiger partial charge in [0, 0.05) is 0 Å². The van der Waals surface area contributed by atoms with Gasteiger partial charge in [-0.3, -0.25) is 5.41 Å². The van der Waals surface area contributed by atoms with Gasteiger partial charge in [0.05, 0.1) is 59.5 Å². The largest absolute Gasteiger partial charge is 0.445 e. The average molecular weight is 1120 g/mol. The van der Waals surface area contributed by atoms with Crippen LogP contribution in [0.2, 0.25) is 0 Å². The lowest BCUT2D eigenvalue weighted by Gasteiger charge is -2.50. The van der Waals surface area contributed by atoms with Crippen LogP contribution in [-0.4, -0.2) is 84.3 Å². The van der Waals surface area contributed by atoms with Gasteiger partial charge in [0.1, 0.15) is 42.7 Å². The summed E-state index contributed by atoms with van der Waals surface area (Å²) >= 11 is 19.2. The summed E-state index contributed by atoms with van der Waals surface area (Å²) < 4.78 is 73.5. The van der Waals surface area contributed by atoms with Gasteiger partial charge in [0.25, 0.3) is 3.79 Å². The van der Waals surface area contributed by atoms with Crippen LogP contribution in [0.4, 0.5) is 0 Å². The van der Waals surface area contributed by atoms with Crippen LogP contribution in [0, 0.1) is 5.41 Å². The Balaban J connectivity index is 1.13. The molecule has 0 radical (unpaired) electrons. The fourth-order valence-corrected chi connectivity index (χ4v) is 9.37. The molecule has 1 N–H and O–H groups in total. The molecular weight excluding hydrogens is 1050 g/mol. The highest BCUT2D eigenvalue weighted by Gasteiger charge is 2.56. The van der Waals surface area contributed by atoms with Crippen LogP contribution in [0.15, 0.2) is 212 Å². The van der Waals surface area contributed by atoms with Gasteiger partial charge in [-0.25, -0.2) is 0 Å². The van der Waals surface area contributed by atoms with Crippen LogP contribution >= 0.6 is 34.8 Å². The van der Waals surface area contributed by atoms with Crippen molar-refractivity contribution < 1.29 is 52.1 Å². The third-order valence-corrected chi connectivity index (χ3v) is 13.7. The third-order valence-electron chi connectivity index (χ3n) is 13.2. The molecule has 1 unspecified atom stereocenters. The maximum absolute atomic E-state index is 8.97. The van der Waals surface area contributed by atoms with E-state index in [4.69, 9.17) is 92.3 Å². The van der Waals surface area contributed by atoms with Crippen molar-refractivity contribution in [2.45, 2.75) is 111 Å². The molecule has 78 heavy (non-hydrogen) atoms. The summed E-state index contributed by atoms with van der Waals surface area (Å²) in [6.45, 7) is 1.43. The predicted octanol–water partition coefficient (Wildman–Crippen LogP) is 12.5. The molecule has 2 heterocycles. The second kappa shape index (κ2) is 29.6. The second-order valence-electron chi connectivity index (χ2n) is 18.9. The molecule has 2 saturated heterocycles. The zero-order valence-corrected chi connectivity index (χ0v) is 45.2. The van der Waals surface area contributed by atoms with E-state index in [-0.39, 0.29) is 59.5 Å². The van der Waals surface area contributed by atoms with Crippen molar-refractivity contribution in [2.75, 3.05) is 13.2 Å². The Bertz CT molecular complexity index is 2790. The molecule has 408 valence electrons. The monoisotopic (exact) mass is 1120 g/mol. The van der Waals surface area contributed by atoms with Crippen molar-refractivity contribution in [1.29, 1.82) is 5.41 Å². The number of hydrogen-bond acceptors (Lipinski definition) is 12. The number of rotatable bonds is 26. The van der Waals surface area contributed by atoms with Crippen molar-refractivity contribution in [1.82, 2.24) is 0 Å². The third kappa shape index (κ3) is 17.0.